The second kappa shape index (κ2) is 2.46. The number of rotatable bonds is 1. The van der Waals surface area contributed by atoms with Crippen LogP contribution in [0.3, 0.4) is 0 Å². The second-order valence-corrected chi connectivity index (χ2v) is 4.61. The molecule has 0 amide bonds. The highest BCUT2D eigenvalue weighted by Gasteiger charge is 2.43. The minimum atomic E-state index is -0.576. The Morgan fingerprint density at radius 2 is 2.00 bits per heavy atom. The van der Waals surface area contributed by atoms with Gasteiger partial charge in [0.2, 0.25) is 0 Å². The van der Waals surface area contributed by atoms with Gasteiger partial charge in [0, 0.05) is 0 Å². The second-order valence-electron chi connectivity index (χ2n) is 4.61. The topological polar surface area (TPSA) is 29.5 Å². The van der Waals surface area contributed by atoms with Crippen LogP contribution in [0.15, 0.2) is 0 Å². The van der Waals surface area contributed by atoms with Crippen molar-refractivity contribution in [3.8, 4) is 0 Å². The zero-order valence-corrected chi connectivity index (χ0v) is 7.85. The molecule has 0 spiro atoms. The van der Waals surface area contributed by atoms with Crippen molar-refractivity contribution in [1.82, 2.24) is 0 Å². The maximum atomic E-state index is 9.61. The van der Waals surface area contributed by atoms with Gasteiger partial charge in [0.25, 0.3) is 0 Å². The minimum Gasteiger partial charge on any atom is -0.387 e. The molecule has 2 heteroatoms. The lowest BCUT2D eigenvalue weighted by atomic mass is 9.78. The number of hydrogen-bond acceptors (Lipinski definition) is 2. The molecule has 1 aliphatic carbocycles. The van der Waals surface area contributed by atoms with Gasteiger partial charge in [-0.1, -0.05) is 0 Å². The van der Waals surface area contributed by atoms with Gasteiger partial charge >= 0.3 is 0 Å². The molecule has 1 fully saturated rings. The van der Waals surface area contributed by atoms with E-state index in [1.54, 1.807) is 0 Å². The summed E-state index contributed by atoms with van der Waals surface area (Å²) in [6.45, 7) is 7.89. The van der Waals surface area contributed by atoms with Crippen molar-refractivity contribution in [2.45, 2.75) is 57.8 Å². The number of ether oxygens (including phenoxy) is 1. The summed E-state index contributed by atoms with van der Waals surface area (Å²) in [5.41, 5.74) is -0.706. The van der Waals surface area contributed by atoms with Crippen LogP contribution in [0.5, 0.6) is 0 Å². The van der Waals surface area contributed by atoms with Gasteiger partial charge in [-0.3, -0.25) is 0 Å². The predicted octanol–water partition coefficient (Wildman–Crippen LogP) is 1.71. The van der Waals surface area contributed by atoms with Gasteiger partial charge in [0.05, 0.1) is 17.3 Å². The summed E-state index contributed by atoms with van der Waals surface area (Å²) in [5.74, 6) is 0. The SMILES string of the molecule is CC(C)(C)OC1CCC1(C)O. The van der Waals surface area contributed by atoms with Crippen LogP contribution in [0, 0.1) is 0 Å². The molecule has 11 heavy (non-hydrogen) atoms. The van der Waals surface area contributed by atoms with E-state index in [0.29, 0.717) is 0 Å². The van der Waals surface area contributed by atoms with Crippen molar-refractivity contribution in [2.24, 2.45) is 0 Å². The molecule has 0 aromatic rings. The average molecular weight is 158 g/mol. The van der Waals surface area contributed by atoms with Gasteiger partial charge in [-0.25, -0.2) is 0 Å². The van der Waals surface area contributed by atoms with Gasteiger partial charge in [0.1, 0.15) is 0 Å². The molecule has 2 unspecified atom stereocenters. The Balaban J connectivity index is 2.40. The van der Waals surface area contributed by atoms with E-state index >= 15 is 0 Å². The molecule has 0 aliphatic heterocycles. The molecular weight excluding hydrogens is 140 g/mol. The average Bonchev–Trinajstić information content (AvgIpc) is 1.79. The molecule has 0 bridgehead atoms. The molecular formula is C9H18O2. The Labute approximate surface area is 68.6 Å². The summed E-state index contributed by atoms with van der Waals surface area (Å²) in [6, 6.07) is 0. The Bertz CT molecular complexity index is 144. The first kappa shape index (κ1) is 9.01. The van der Waals surface area contributed by atoms with E-state index in [1.165, 1.54) is 0 Å². The molecule has 1 rings (SSSR count). The van der Waals surface area contributed by atoms with Crippen LogP contribution in [-0.2, 0) is 4.74 Å². The van der Waals surface area contributed by atoms with Gasteiger partial charge in [0.15, 0.2) is 0 Å². The van der Waals surface area contributed by atoms with E-state index in [1.807, 2.05) is 27.7 Å². The molecule has 0 aromatic heterocycles. The van der Waals surface area contributed by atoms with Crippen molar-refractivity contribution < 1.29 is 9.84 Å². The number of aliphatic hydroxyl groups is 1. The van der Waals surface area contributed by atoms with Crippen molar-refractivity contribution >= 4 is 0 Å². The van der Waals surface area contributed by atoms with E-state index in [4.69, 9.17) is 4.74 Å². The fourth-order valence-electron chi connectivity index (χ4n) is 1.29. The molecule has 1 aliphatic rings. The highest BCUT2D eigenvalue weighted by atomic mass is 16.5. The van der Waals surface area contributed by atoms with E-state index in [0.717, 1.165) is 12.8 Å². The van der Waals surface area contributed by atoms with Crippen molar-refractivity contribution in [1.29, 1.82) is 0 Å². The Morgan fingerprint density at radius 1 is 1.45 bits per heavy atom. The van der Waals surface area contributed by atoms with Gasteiger partial charge < -0.3 is 9.84 Å². The van der Waals surface area contributed by atoms with Crippen LogP contribution in [0.4, 0.5) is 0 Å². The Morgan fingerprint density at radius 3 is 2.09 bits per heavy atom. The standard InChI is InChI=1S/C9H18O2/c1-8(2,3)11-7-5-6-9(7,4)10/h7,10H,5-6H2,1-4H3. The highest BCUT2D eigenvalue weighted by Crippen LogP contribution is 2.36. The van der Waals surface area contributed by atoms with Crippen molar-refractivity contribution in [3.05, 3.63) is 0 Å². The summed E-state index contributed by atoms with van der Waals surface area (Å²) in [6.07, 6.45) is 1.90. The largest absolute Gasteiger partial charge is 0.387 e. The monoisotopic (exact) mass is 158 g/mol. The summed E-state index contributed by atoms with van der Waals surface area (Å²) in [4.78, 5) is 0. The third kappa shape index (κ3) is 2.17. The van der Waals surface area contributed by atoms with Crippen LogP contribution >= 0.6 is 0 Å². The quantitative estimate of drug-likeness (QED) is 0.629. The first-order valence-electron chi connectivity index (χ1n) is 4.21. The lowest BCUT2D eigenvalue weighted by Crippen LogP contribution is -2.53. The first-order valence-corrected chi connectivity index (χ1v) is 4.21. The molecule has 0 heterocycles. The van der Waals surface area contributed by atoms with Crippen molar-refractivity contribution in [3.63, 3.8) is 0 Å². The molecule has 0 aromatic carbocycles. The maximum absolute atomic E-state index is 9.61. The highest BCUT2D eigenvalue weighted by molar-refractivity contribution is 4.94. The molecule has 2 nitrogen and oxygen atoms in total. The lowest BCUT2D eigenvalue weighted by Gasteiger charge is -2.45. The first-order chi connectivity index (χ1) is 4.81. The minimum absolute atomic E-state index is 0.0440. The van der Waals surface area contributed by atoms with Gasteiger partial charge in [-0.15, -0.1) is 0 Å². The summed E-state index contributed by atoms with van der Waals surface area (Å²) >= 11 is 0. The Hall–Kier alpha value is -0.0800. The molecule has 1 saturated carbocycles. The smallest absolute Gasteiger partial charge is 0.0881 e. The third-order valence-electron chi connectivity index (χ3n) is 2.10. The van der Waals surface area contributed by atoms with Crippen LogP contribution in [0.1, 0.15) is 40.5 Å². The predicted molar refractivity (Wildman–Crippen MR) is 44.5 cm³/mol. The molecule has 0 saturated heterocycles. The summed E-state index contributed by atoms with van der Waals surface area (Å²) < 4.78 is 5.64. The van der Waals surface area contributed by atoms with E-state index in [9.17, 15) is 5.11 Å². The zero-order chi connectivity index (χ0) is 8.70. The molecule has 66 valence electrons. The number of hydrogen-bond donors (Lipinski definition) is 1. The maximum Gasteiger partial charge on any atom is 0.0881 e. The normalized spacial score (nSPS) is 38.5. The summed E-state index contributed by atoms with van der Waals surface area (Å²) in [7, 11) is 0. The van der Waals surface area contributed by atoms with Crippen LogP contribution in [0.25, 0.3) is 0 Å². The van der Waals surface area contributed by atoms with Crippen molar-refractivity contribution in [2.75, 3.05) is 0 Å². The zero-order valence-electron chi connectivity index (χ0n) is 7.85. The van der Waals surface area contributed by atoms with E-state index in [2.05, 4.69) is 0 Å². The Kier molecular flexibility index (Phi) is 2.01. The van der Waals surface area contributed by atoms with Crippen LogP contribution in [0.2, 0.25) is 0 Å². The van der Waals surface area contributed by atoms with Crippen LogP contribution < -0.4 is 0 Å². The van der Waals surface area contributed by atoms with Crippen LogP contribution in [-0.4, -0.2) is 22.4 Å². The van der Waals surface area contributed by atoms with E-state index in [-0.39, 0.29) is 11.7 Å². The fourth-order valence-corrected chi connectivity index (χ4v) is 1.29. The lowest BCUT2D eigenvalue weighted by molar-refractivity contribution is -0.202. The van der Waals surface area contributed by atoms with Gasteiger partial charge in [-0.05, 0) is 40.5 Å². The fraction of sp³-hybridized carbons (Fsp3) is 1.00. The molecule has 1 N–H and O–H groups in total. The van der Waals surface area contributed by atoms with Gasteiger partial charge in [-0.2, -0.15) is 0 Å². The third-order valence-corrected chi connectivity index (χ3v) is 2.10. The molecule has 2 atom stereocenters. The van der Waals surface area contributed by atoms with E-state index < -0.39 is 5.60 Å². The molecule has 0 radical (unpaired) electrons. The summed E-state index contributed by atoms with van der Waals surface area (Å²) in [5, 5.41) is 9.61.